The van der Waals surface area contributed by atoms with Gasteiger partial charge in [0.25, 0.3) is 0 Å². The number of aliphatic imine (C=N–C) groups is 1. The standard InChI is InChI=1S/C26H35NO2/c1-6-21(5)29-26(28)25(17-22-10-8-7-9-11-22)27-18-20(4)16-23-12-14-24(15-13-23)19(2)3/h7-15,18-21,25H,6,16-17H2,1-5H3. The Morgan fingerprint density at radius 2 is 1.55 bits per heavy atom. The van der Waals surface area contributed by atoms with Gasteiger partial charge in [-0.05, 0) is 48.3 Å². The Bertz CT molecular complexity index is 765. The molecule has 0 amide bonds. The number of hydrogen-bond acceptors (Lipinski definition) is 3. The molecule has 3 unspecified atom stereocenters. The van der Waals surface area contributed by atoms with E-state index < -0.39 is 6.04 Å². The molecule has 3 atom stereocenters. The largest absolute Gasteiger partial charge is 0.461 e. The maximum atomic E-state index is 12.7. The van der Waals surface area contributed by atoms with Gasteiger partial charge in [-0.2, -0.15) is 0 Å². The van der Waals surface area contributed by atoms with E-state index in [9.17, 15) is 4.79 Å². The molecular weight excluding hydrogens is 358 g/mol. The van der Waals surface area contributed by atoms with Gasteiger partial charge in [0.05, 0.1) is 6.10 Å². The highest BCUT2D eigenvalue weighted by Crippen LogP contribution is 2.17. The molecule has 0 saturated heterocycles. The third-order valence-electron chi connectivity index (χ3n) is 5.16. The average molecular weight is 394 g/mol. The molecule has 0 aromatic heterocycles. The van der Waals surface area contributed by atoms with Crippen LogP contribution in [0, 0.1) is 5.92 Å². The zero-order valence-electron chi connectivity index (χ0n) is 18.5. The number of hydrogen-bond donors (Lipinski definition) is 0. The molecule has 29 heavy (non-hydrogen) atoms. The zero-order valence-corrected chi connectivity index (χ0v) is 18.5. The van der Waals surface area contributed by atoms with Gasteiger partial charge in [0.15, 0.2) is 6.04 Å². The van der Waals surface area contributed by atoms with E-state index >= 15 is 0 Å². The third-order valence-corrected chi connectivity index (χ3v) is 5.16. The van der Waals surface area contributed by atoms with Gasteiger partial charge in [-0.1, -0.05) is 82.3 Å². The Morgan fingerprint density at radius 3 is 2.14 bits per heavy atom. The van der Waals surface area contributed by atoms with Crippen molar-refractivity contribution in [2.45, 2.75) is 71.9 Å². The predicted molar refractivity (Wildman–Crippen MR) is 122 cm³/mol. The van der Waals surface area contributed by atoms with Crippen molar-refractivity contribution in [3.63, 3.8) is 0 Å². The fourth-order valence-electron chi connectivity index (χ4n) is 3.11. The topological polar surface area (TPSA) is 38.7 Å². The number of rotatable bonds is 10. The lowest BCUT2D eigenvalue weighted by molar-refractivity contribution is -0.149. The third kappa shape index (κ3) is 7.84. The average Bonchev–Trinajstić information content (AvgIpc) is 2.72. The van der Waals surface area contributed by atoms with Gasteiger partial charge in [-0.3, -0.25) is 4.99 Å². The van der Waals surface area contributed by atoms with Crippen LogP contribution in [0.4, 0.5) is 0 Å². The van der Waals surface area contributed by atoms with Crippen LogP contribution in [0.2, 0.25) is 0 Å². The van der Waals surface area contributed by atoms with Gasteiger partial charge >= 0.3 is 5.97 Å². The minimum Gasteiger partial charge on any atom is -0.461 e. The second kappa shape index (κ2) is 11.5. The van der Waals surface area contributed by atoms with Gasteiger partial charge in [0.1, 0.15) is 0 Å². The summed E-state index contributed by atoms with van der Waals surface area (Å²) in [6, 6.07) is 18.3. The van der Waals surface area contributed by atoms with Crippen LogP contribution in [0.1, 0.15) is 63.6 Å². The molecule has 156 valence electrons. The van der Waals surface area contributed by atoms with Crippen molar-refractivity contribution in [3.05, 3.63) is 71.3 Å². The predicted octanol–water partition coefficient (Wildman–Crippen LogP) is 6.01. The van der Waals surface area contributed by atoms with Crippen molar-refractivity contribution < 1.29 is 9.53 Å². The fraction of sp³-hybridized carbons (Fsp3) is 0.462. The highest BCUT2D eigenvalue weighted by molar-refractivity contribution is 5.79. The van der Waals surface area contributed by atoms with Crippen molar-refractivity contribution >= 4 is 12.2 Å². The van der Waals surface area contributed by atoms with Crippen molar-refractivity contribution in [3.8, 4) is 0 Å². The lowest BCUT2D eigenvalue weighted by Gasteiger charge is -2.17. The monoisotopic (exact) mass is 393 g/mol. The van der Waals surface area contributed by atoms with Crippen LogP contribution in [-0.4, -0.2) is 24.3 Å². The van der Waals surface area contributed by atoms with Gasteiger partial charge in [0.2, 0.25) is 0 Å². The first-order valence-corrected chi connectivity index (χ1v) is 10.8. The summed E-state index contributed by atoms with van der Waals surface area (Å²) in [4.78, 5) is 17.3. The summed E-state index contributed by atoms with van der Waals surface area (Å²) in [6.07, 6.45) is 4.09. The van der Waals surface area contributed by atoms with Gasteiger partial charge in [0, 0.05) is 12.6 Å². The molecule has 2 rings (SSSR count). The van der Waals surface area contributed by atoms with Crippen LogP contribution in [-0.2, 0) is 22.4 Å². The first kappa shape index (κ1) is 22.9. The number of esters is 1. The molecule has 0 aliphatic carbocycles. The summed E-state index contributed by atoms with van der Waals surface area (Å²) in [6.45, 7) is 10.5. The molecule has 0 aliphatic heterocycles. The van der Waals surface area contributed by atoms with E-state index in [1.54, 1.807) is 0 Å². The van der Waals surface area contributed by atoms with Gasteiger partial charge in [-0.25, -0.2) is 4.79 Å². The van der Waals surface area contributed by atoms with Crippen LogP contribution < -0.4 is 0 Å². The summed E-state index contributed by atoms with van der Waals surface area (Å²) >= 11 is 0. The van der Waals surface area contributed by atoms with E-state index in [4.69, 9.17) is 4.74 Å². The van der Waals surface area contributed by atoms with Crippen molar-refractivity contribution in [1.82, 2.24) is 0 Å². The summed E-state index contributed by atoms with van der Waals surface area (Å²) in [5, 5.41) is 0. The molecule has 0 bridgehead atoms. The smallest absolute Gasteiger partial charge is 0.331 e. The number of carbonyl (C=O) groups is 1. The van der Waals surface area contributed by atoms with Gasteiger partial charge in [-0.15, -0.1) is 0 Å². The number of benzene rings is 2. The van der Waals surface area contributed by atoms with E-state index in [0.717, 1.165) is 18.4 Å². The van der Waals surface area contributed by atoms with Crippen molar-refractivity contribution in [1.29, 1.82) is 0 Å². The van der Waals surface area contributed by atoms with E-state index in [2.05, 4.69) is 50.0 Å². The number of nitrogens with zero attached hydrogens (tertiary/aromatic N) is 1. The van der Waals surface area contributed by atoms with Crippen LogP contribution in [0.3, 0.4) is 0 Å². The van der Waals surface area contributed by atoms with Crippen LogP contribution in [0.25, 0.3) is 0 Å². The molecule has 3 nitrogen and oxygen atoms in total. The molecule has 0 aliphatic rings. The first-order valence-electron chi connectivity index (χ1n) is 10.8. The maximum absolute atomic E-state index is 12.7. The van der Waals surface area contributed by atoms with Crippen LogP contribution in [0.15, 0.2) is 59.6 Å². The normalized spacial score (nSPS) is 14.7. The second-order valence-corrected chi connectivity index (χ2v) is 8.24. The van der Waals surface area contributed by atoms with E-state index in [0.29, 0.717) is 12.3 Å². The van der Waals surface area contributed by atoms with Gasteiger partial charge < -0.3 is 4.74 Å². The maximum Gasteiger partial charge on any atom is 0.331 e. The minimum absolute atomic E-state index is 0.0899. The highest BCUT2D eigenvalue weighted by atomic mass is 16.5. The summed E-state index contributed by atoms with van der Waals surface area (Å²) in [5.74, 6) is 0.542. The second-order valence-electron chi connectivity index (χ2n) is 8.24. The summed E-state index contributed by atoms with van der Waals surface area (Å²) in [5.41, 5.74) is 3.73. The zero-order chi connectivity index (χ0) is 21.2. The molecule has 3 heteroatoms. The van der Waals surface area contributed by atoms with Crippen molar-refractivity contribution in [2.75, 3.05) is 0 Å². The lowest BCUT2D eigenvalue weighted by Crippen LogP contribution is -2.28. The summed E-state index contributed by atoms with van der Waals surface area (Å²) < 4.78 is 5.57. The molecule has 0 heterocycles. The molecular formula is C26H35NO2. The molecule has 2 aromatic carbocycles. The molecule has 0 fully saturated rings. The number of ether oxygens (including phenoxy) is 1. The molecule has 0 saturated carbocycles. The first-order chi connectivity index (χ1) is 13.9. The fourth-order valence-corrected chi connectivity index (χ4v) is 3.11. The van der Waals surface area contributed by atoms with E-state index in [-0.39, 0.29) is 18.0 Å². The van der Waals surface area contributed by atoms with Crippen molar-refractivity contribution in [2.24, 2.45) is 10.9 Å². The summed E-state index contributed by atoms with van der Waals surface area (Å²) in [7, 11) is 0. The van der Waals surface area contributed by atoms with Crippen LogP contribution >= 0.6 is 0 Å². The highest BCUT2D eigenvalue weighted by Gasteiger charge is 2.21. The van der Waals surface area contributed by atoms with E-state index in [1.165, 1.54) is 11.1 Å². The molecule has 0 spiro atoms. The minimum atomic E-state index is -0.503. The molecule has 0 radical (unpaired) electrons. The Hall–Kier alpha value is -2.42. The Balaban J connectivity index is 2.05. The number of carbonyl (C=O) groups excluding carboxylic acids is 1. The Morgan fingerprint density at radius 1 is 0.931 bits per heavy atom. The quantitative estimate of drug-likeness (QED) is 0.366. The lowest BCUT2D eigenvalue weighted by atomic mass is 9.97. The Labute approximate surface area is 176 Å². The van der Waals surface area contributed by atoms with Crippen LogP contribution in [0.5, 0.6) is 0 Å². The molecule has 2 aromatic rings. The molecule has 0 N–H and O–H groups in total. The Kier molecular flexibility index (Phi) is 9.11. The van der Waals surface area contributed by atoms with E-state index in [1.807, 2.05) is 50.4 Å². The SMILES string of the molecule is CCC(C)OC(=O)C(Cc1ccccc1)N=CC(C)Cc1ccc(C(C)C)cc1.